The zero-order valence-electron chi connectivity index (χ0n) is 13.1. The molecule has 3 aromatic rings. The molecule has 0 bridgehead atoms. The van der Waals surface area contributed by atoms with Crippen molar-refractivity contribution in [3.8, 4) is 11.5 Å². The molecule has 0 aliphatic rings. The number of aryl methyl sites for hydroxylation is 1. The highest BCUT2D eigenvalue weighted by atomic mass is 79.9. The molecule has 5 nitrogen and oxygen atoms in total. The molecule has 0 unspecified atom stereocenters. The van der Waals surface area contributed by atoms with Gasteiger partial charge in [-0.25, -0.2) is 4.98 Å². The van der Waals surface area contributed by atoms with Crippen LogP contribution < -0.4 is 5.32 Å². The van der Waals surface area contributed by atoms with Crippen LogP contribution >= 0.6 is 15.9 Å². The summed E-state index contributed by atoms with van der Waals surface area (Å²) in [6.45, 7) is 2.51. The first kappa shape index (κ1) is 16.4. The van der Waals surface area contributed by atoms with Gasteiger partial charge >= 0.3 is 0 Å². The number of benzene rings is 1. The van der Waals surface area contributed by atoms with E-state index < -0.39 is 0 Å². The molecular weight excluding hydrogens is 370 g/mol. The average Bonchev–Trinajstić information content (AvgIpc) is 3.04. The molecule has 0 saturated heterocycles. The minimum Gasteiger partial charge on any atom is -0.444 e. The highest BCUT2D eigenvalue weighted by Gasteiger charge is 2.09. The lowest BCUT2D eigenvalue weighted by molar-refractivity contribution is 0.0953. The number of carbonyl (C=O) groups excluding carboxylic acids is 1. The molecule has 0 fully saturated rings. The van der Waals surface area contributed by atoms with Crippen LogP contribution in [0, 0.1) is 6.92 Å². The van der Waals surface area contributed by atoms with Gasteiger partial charge < -0.3 is 9.73 Å². The Morgan fingerprint density at radius 3 is 2.79 bits per heavy atom. The molecule has 0 spiro atoms. The van der Waals surface area contributed by atoms with Crippen LogP contribution in [0.3, 0.4) is 0 Å². The molecule has 6 heteroatoms. The number of nitrogens with one attached hydrogen (secondary N) is 1. The van der Waals surface area contributed by atoms with Gasteiger partial charge in [0.05, 0.1) is 11.3 Å². The Morgan fingerprint density at radius 2 is 2.04 bits per heavy atom. The SMILES string of the molecule is Cc1ccc(-c2nc(CCNC(=O)c3cncc(Br)c3)co2)cc1. The third-order valence-electron chi connectivity index (χ3n) is 3.48. The van der Waals surface area contributed by atoms with Gasteiger partial charge in [-0.2, -0.15) is 0 Å². The molecule has 24 heavy (non-hydrogen) atoms. The Hall–Kier alpha value is -2.47. The fourth-order valence-corrected chi connectivity index (χ4v) is 2.56. The summed E-state index contributed by atoms with van der Waals surface area (Å²) < 4.78 is 6.28. The first-order valence-corrected chi connectivity index (χ1v) is 8.31. The van der Waals surface area contributed by atoms with E-state index in [9.17, 15) is 4.79 Å². The topological polar surface area (TPSA) is 68.0 Å². The van der Waals surface area contributed by atoms with Crippen LogP contribution in [0.4, 0.5) is 0 Å². The van der Waals surface area contributed by atoms with Crippen LogP contribution in [0.2, 0.25) is 0 Å². The first-order valence-electron chi connectivity index (χ1n) is 7.52. The minimum atomic E-state index is -0.161. The number of oxazole rings is 1. The van der Waals surface area contributed by atoms with Gasteiger partial charge in [0.2, 0.25) is 5.89 Å². The van der Waals surface area contributed by atoms with Crippen molar-refractivity contribution in [2.45, 2.75) is 13.3 Å². The van der Waals surface area contributed by atoms with E-state index in [4.69, 9.17) is 4.42 Å². The minimum absolute atomic E-state index is 0.161. The van der Waals surface area contributed by atoms with Crippen LogP contribution in [-0.4, -0.2) is 22.4 Å². The van der Waals surface area contributed by atoms with Crippen molar-refractivity contribution < 1.29 is 9.21 Å². The number of hydrogen-bond acceptors (Lipinski definition) is 4. The summed E-state index contributed by atoms with van der Waals surface area (Å²) >= 11 is 3.30. The predicted molar refractivity (Wildman–Crippen MR) is 94.7 cm³/mol. The van der Waals surface area contributed by atoms with Gasteiger partial charge in [0, 0.05) is 35.4 Å². The van der Waals surface area contributed by atoms with Gasteiger partial charge in [0.15, 0.2) is 0 Å². The van der Waals surface area contributed by atoms with E-state index in [0.717, 1.165) is 15.7 Å². The highest BCUT2D eigenvalue weighted by Crippen LogP contribution is 2.19. The second-order valence-electron chi connectivity index (χ2n) is 5.41. The van der Waals surface area contributed by atoms with Crippen molar-refractivity contribution in [2.24, 2.45) is 0 Å². The summed E-state index contributed by atoms with van der Waals surface area (Å²) in [4.78, 5) is 20.5. The van der Waals surface area contributed by atoms with Crippen molar-refractivity contribution in [3.63, 3.8) is 0 Å². The van der Waals surface area contributed by atoms with Crippen molar-refractivity contribution in [3.05, 3.63) is 70.3 Å². The van der Waals surface area contributed by atoms with Gasteiger partial charge in [-0.05, 0) is 41.1 Å². The molecule has 2 aromatic heterocycles. The van der Waals surface area contributed by atoms with Gasteiger partial charge in [-0.1, -0.05) is 17.7 Å². The summed E-state index contributed by atoms with van der Waals surface area (Å²) in [6, 6.07) is 9.73. The summed E-state index contributed by atoms with van der Waals surface area (Å²) in [5, 5.41) is 2.85. The lowest BCUT2D eigenvalue weighted by Crippen LogP contribution is -2.25. The molecule has 0 atom stereocenters. The monoisotopic (exact) mass is 385 g/mol. The lowest BCUT2D eigenvalue weighted by atomic mass is 10.1. The molecule has 1 amide bonds. The van der Waals surface area contributed by atoms with E-state index >= 15 is 0 Å². The second kappa shape index (κ2) is 7.40. The number of rotatable bonds is 5. The molecule has 0 saturated carbocycles. The number of halogens is 1. The molecule has 0 aliphatic carbocycles. The maximum atomic E-state index is 12.0. The van der Waals surface area contributed by atoms with Gasteiger partial charge in [-0.3, -0.25) is 9.78 Å². The number of nitrogens with zero attached hydrogens (tertiary/aromatic N) is 2. The van der Waals surface area contributed by atoms with Crippen LogP contribution in [0.5, 0.6) is 0 Å². The average molecular weight is 386 g/mol. The van der Waals surface area contributed by atoms with Crippen molar-refractivity contribution in [1.82, 2.24) is 15.3 Å². The van der Waals surface area contributed by atoms with Gasteiger partial charge in [-0.15, -0.1) is 0 Å². The van der Waals surface area contributed by atoms with E-state index in [-0.39, 0.29) is 5.91 Å². The van der Waals surface area contributed by atoms with E-state index in [1.165, 1.54) is 11.8 Å². The van der Waals surface area contributed by atoms with Crippen molar-refractivity contribution >= 4 is 21.8 Å². The Bertz CT molecular complexity index is 843. The van der Waals surface area contributed by atoms with E-state index in [0.29, 0.717) is 24.4 Å². The maximum absolute atomic E-state index is 12.0. The Kier molecular flexibility index (Phi) is 5.05. The molecule has 0 radical (unpaired) electrons. The van der Waals surface area contributed by atoms with E-state index in [2.05, 4.69) is 31.2 Å². The smallest absolute Gasteiger partial charge is 0.252 e. The number of amides is 1. The zero-order valence-corrected chi connectivity index (χ0v) is 14.7. The molecule has 1 aromatic carbocycles. The van der Waals surface area contributed by atoms with Gasteiger partial charge in [0.25, 0.3) is 5.91 Å². The fraction of sp³-hybridized carbons (Fsp3) is 0.167. The molecule has 2 heterocycles. The summed E-state index contributed by atoms with van der Waals surface area (Å²) in [6.07, 6.45) is 5.40. The Labute approximate surface area is 148 Å². The third kappa shape index (κ3) is 4.08. The second-order valence-corrected chi connectivity index (χ2v) is 6.32. The van der Waals surface area contributed by atoms with Crippen LogP contribution in [-0.2, 0) is 6.42 Å². The Balaban J connectivity index is 1.56. The van der Waals surface area contributed by atoms with Crippen LogP contribution in [0.25, 0.3) is 11.5 Å². The quantitative estimate of drug-likeness (QED) is 0.725. The molecule has 0 aliphatic heterocycles. The Morgan fingerprint density at radius 1 is 1.25 bits per heavy atom. The first-order chi connectivity index (χ1) is 11.6. The zero-order chi connectivity index (χ0) is 16.9. The van der Waals surface area contributed by atoms with Crippen molar-refractivity contribution in [2.75, 3.05) is 6.54 Å². The maximum Gasteiger partial charge on any atom is 0.252 e. The molecular formula is C18H16BrN3O2. The largest absolute Gasteiger partial charge is 0.444 e. The van der Waals surface area contributed by atoms with Gasteiger partial charge in [0.1, 0.15) is 6.26 Å². The normalized spacial score (nSPS) is 10.6. The number of carbonyl (C=O) groups is 1. The third-order valence-corrected chi connectivity index (χ3v) is 3.92. The molecule has 122 valence electrons. The summed E-state index contributed by atoms with van der Waals surface area (Å²) in [5.74, 6) is 0.429. The molecule has 3 rings (SSSR count). The van der Waals surface area contributed by atoms with E-state index in [1.54, 1.807) is 18.5 Å². The number of aromatic nitrogens is 2. The predicted octanol–water partition coefficient (Wildman–Crippen LogP) is 3.78. The fourth-order valence-electron chi connectivity index (χ4n) is 2.19. The number of hydrogen-bond donors (Lipinski definition) is 1. The number of pyridine rings is 1. The highest BCUT2D eigenvalue weighted by molar-refractivity contribution is 9.10. The molecule has 1 N–H and O–H groups in total. The lowest BCUT2D eigenvalue weighted by Gasteiger charge is -2.03. The summed E-state index contributed by atoms with van der Waals surface area (Å²) in [7, 11) is 0. The summed E-state index contributed by atoms with van der Waals surface area (Å²) in [5.41, 5.74) is 3.45. The van der Waals surface area contributed by atoms with Crippen LogP contribution in [0.15, 0.2) is 57.9 Å². The van der Waals surface area contributed by atoms with Crippen molar-refractivity contribution in [1.29, 1.82) is 0 Å². The van der Waals surface area contributed by atoms with Crippen LogP contribution in [0.1, 0.15) is 21.6 Å². The van der Waals surface area contributed by atoms with E-state index in [1.807, 2.05) is 31.2 Å². The standard InChI is InChI=1S/C18H16BrN3O2/c1-12-2-4-13(5-3-12)18-22-16(11-24-18)6-7-21-17(23)14-8-15(19)10-20-9-14/h2-5,8-11H,6-7H2,1H3,(H,21,23).